The van der Waals surface area contributed by atoms with Crippen molar-refractivity contribution in [2.45, 2.75) is 33.2 Å². The molecule has 0 aliphatic heterocycles. The normalized spacial score (nSPS) is 13.2. The molecule has 2 aromatic heterocycles. The summed E-state index contributed by atoms with van der Waals surface area (Å²) in [6.45, 7) is 5.74. The van der Waals surface area contributed by atoms with E-state index in [-0.39, 0.29) is 11.8 Å². The summed E-state index contributed by atoms with van der Waals surface area (Å²) in [7, 11) is 0. The fourth-order valence-corrected chi connectivity index (χ4v) is 2.19. The Hall–Kier alpha value is -1.49. The molecule has 2 rings (SSSR count). The van der Waals surface area contributed by atoms with E-state index in [9.17, 15) is 4.79 Å². The molecule has 0 aliphatic rings. The number of halogens is 1. The van der Waals surface area contributed by atoms with Crippen molar-refractivity contribution in [3.05, 3.63) is 17.8 Å². The number of hydrogen-bond acceptors (Lipinski definition) is 4. The minimum Gasteiger partial charge on any atom is -0.311 e. The van der Waals surface area contributed by atoms with Crippen LogP contribution in [0.1, 0.15) is 33.2 Å². The third-order valence-electron chi connectivity index (χ3n) is 2.94. The number of Topliss-reactive ketones (excluding diaryl/α,β-unsaturated/α-hetero) is 1. The molecule has 1 atom stereocenters. The zero-order chi connectivity index (χ0) is 13.3. The van der Waals surface area contributed by atoms with E-state index in [1.54, 1.807) is 13.3 Å². The van der Waals surface area contributed by atoms with Crippen LogP contribution < -0.4 is 0 Å². The predicted molar refractivity (Wildman–Crippen MR) is 69.5 cm³/mol. The summed E-state index contributed by atoms with van der Waals surface area (Å²) in [5, 5.41) is 0.337. The SMILES string of the molecule is CC(=O)CC(C(C)C)n1cnc2c(Cl)ncnc21. The second-order valence-electron chi connectivity index (χ2n) is 4.71. The highest BCUT2D eigenvalue weighted by atomic mass is 35.5. The van der Waals surface area contributed by atoms with Gasteiger partial charge in [0.2, 0.25) is 0 Å². The van der Waals surface area contributed by atoms with E-state index in [0.29, 0.717) is 28.7 Å². The van der Waals surface area contributed by atoms with Crippen molar-refractivity contribution in [1.82, 2.24) is 19.5 Å². The molecule has 2 aromatic rings. The van der Waals surface area contributed by atoms with Crippen LogP contribution in [0.25, 0.3) is 11.2 Å². The van der Waals surface area contributed by atoms with Crippen molar-refractivity contribution in [2.75, 3.05) is 0 Å². The molecule has 1 unspecified atom stereocenters. The Labute approximate surface area is 110 Å². The maximum atomic E-state index is 11.4. The minimum absolute atomic E-state index is 0.0402. The summed E-state index contributed by atoms with van der Waals surface area (Å²) >= 11 is 5.97. The predicted octanol–water partition coefficient (Wildman–Crippen LogP) is 2.66. The molecule has 6 heteroatoms. The maximum Gasteiger partial charge on any atom is 0.165 e. The topological polar surface area (TPSA) is 60.7 Å². The average molecular weight is 267 g/mol. The van der Waals surface area contributed by atoms with E-state index in [1.165, 1.54) is 6.33 Å². The molecular formula is C12H15ClN4O. The van der Waals surface area contributed by atoms with Crippen LogP contribution in [0.15, 0.2) is 12.7 Å². The Morgan fingerprint density at radius 1 is 1.39 bits per heavy atom. The van der Waals surface area contributed by atoms with Crippen LogP contribution in [0.5, 0.6) is 0 Å². The summed E-state index contributed by atoms with van der Waals surface area (Å²) in [5.74, 6) is 0.454. The molecule has 96 valence electrons. The van der Waals surface area contributed by atoms with Gasteiger partial charge >= 0.3 is 0 Å². The third-order valence-corrected chi connectivity index (χ3v) is 3.21. The second-order valence-corrected chi connectivity index (χ2v) is 5.06. The lowest BCUT2D eigenvalue weighted by atomic mass is 9.99. The lowest BCUT2D eigenvalue weighted by Gasteiger charge is -2.21. The number of ketones is 1. The maximum absolute atomic E-state index is 11.4. The lowest BCUT2D eigenvalue weighted by molar-refractivity contribution is -0.118. The van der Waals surface area contributed by atoms with Gasteiger partial charge in [-0.25, -0.2) is 15.0 Å². The van der Waals surface area contributed by atoms with Gasteiger partial charge in [-0.3, -0.25) is 4.79 Å². The highest BCUT2D eigenvalue weighted by Crippen LogP contribution is 2.27. The molecule has 0 aromatic carbocycles. The van der Waals surface area contributed by atoms with E-state index in [4.69, 9.17) is 11.6 Å². The van der Waals surface area contributed by atoms with Gasteiger partial charge in [0.05, 0.1) is 6.33 Å². The van der Waals surface area contributed by atoms with Crippen LogP contribution in [0.3, 0.4) is 0 Å². The summed E-state index contributed by atoms with van der Waals surface area (Å²) in [6.07, 6.45) is 3.55. The first-order valence-electron chi connectivity index (χ1n) is 5.83. The van der Waals surface area contributed by atoms with E-state index in [2.05, 4.69) is 28.8 Å². The molecule has 0 radical (unpaired) electrons. The van der Waals surface area contributed by atoms with Gasteiger partial charge in [0, 0.05) is 12.5 Å². The molecule has 0 N–H and O–H groups in total. The van der Waals surface area contributed by atoms with Crippen molar-refractivity contribution >= 4 is 28.5 Å². The van der Waals surface area contributed by atoms with Crippen molar-refractivity contribution in [3.63, 3.8) is 0 Å². The number of carbonyl (C=O) groups excluding carboxylic acids is 1. The Kier molecular flexibility index (Phi) is 3.61. The summed E-state index contributed by atoms with van der Waals surface area (Å²) in [6, 6.07) is 0.0402. The first kappa shape index (κ1) is 13.0. The number of nitrogens with zero attached hydrogens (tertiary/aromatic N) is 4. The molecule has 2 heterocycles. The molecule has 0 saturated heterocycles. The zero-order valence-electron chi connectivity index (χ0n) is 10.6. The summed E-state index contributed by atoms with van der Waals surface area (Å²) in [4.78, 5) is 23.7. The summed E-state index contributed by atoms with van der Waals surface area (Å²) < 4.78 is 1.91. The van der Waals surface area contributed by atoms with Crippen molar-refractivity contribution in [2.24, 2.45) is 5.92 Å². The van der Waals surface area contributed by atoms with Gasteiger partial charge < -0.3 is 4.57 Å². The van der Waals surface area contributed by atoms with Crippen LogP contribution >= 0.6 is 11.6 Å². The van der Waals surface area contributed by atoms with Gasteiger partial charge in [-0.2, -0.15) is 0 Å². The Morgan fingerprint density at radius 3 is 2.72 bits per heavy atom. The Balaban J connectivity index is 2.51. The molecule has 0 aliphatic carbocycles. The van der Waals surface area contributed by atoms with Gasteiger partial charge in [0.15, 0.2) is 10.8 Å². The van der Waals surface area contributed by atoms with Gasteiger partial charge in [0.1, 0.15) is 17.6 Å². The molecule has 0 fully saturated rings. The monoisotopic (exact) mass is 266 g/mol. The van der Waals surface area contributed by atoms with E-state index in [0.717, 1.165) is 0 Å². The smallest absolute Gasteiger partial charge is 0.165 e. The molecule has 0 amide bonds. The van der Waals surface area contributed by atoms with Crippen LogP contribution in [-0.4, -0.2) is 25.3 Å². The number of imidazole rings is 1. The highest BCUT2D eigenvalue weighted by molar-refractivity contribution is 6.33. The molecular weight excluding hydrogens is 252 g/mol. The number of fused-ring (bicyclic) bond motifs is 1. The fourth-order valence-electron chi connectivity index (χ4n) is 2.02. The molecule has 18 heavy (non-hydrogen) atoms. The molecule has 0 saturated carbocycles. The largest absolute Gasteiger partial charge is 0.311 e. The van der Waals surface area contributed by atoms with Crippen LogP contribution in [-0.2, 0) is 4.79 Å². The number of rotatable bonds is 4. The molecule has 0 spiro atoms. The van der Waals surface area contributed by atoms with Gasteiger partial charge in [-0.1, -0.05) is 25.4 Å². The minimum atomic E-state index is 0.0402. The Morgan fingerprint density at radius 2 is 2.11 bits per heavy atom. The van der Waals surface area contributed by atoms with Gasteiger partial charge in [-0.15, -0.1) is 0 Å². The zero-order valence-corrected chi connectivity index (χ0v) is 11.3. The Bertz CT molecular complexity index is 578. The third kappa shape index (κ3) is 2.36. The lowest BCUT2D eigenvalue weighted by Crippen LogP contribution is -2.17. The number of carbonyl (C=O) groups is 1. The van der Waals surface area contributed by atoms with Crippen LogP contribution in [0.4, 0.5) is 0 Å². The van der Waals surface area contributed by atoms with Crippen LogP contribution in [0.2, 0.25) is 5.15 Å². The van der Waals surface area contributed by atoms with Gasteiger partial charge in [-0.05, 0) is 12.8 Å². The quantitative estimate of drug-likeness (QED) is 0.798. The number of hydrogen-bond donors (Lipinski definition) is 0. The fraction of sp³-hybridized carbons (Fsp3) is 0.500. The second kappa shape index (κ2) is 5.02. The highest BCUT2D eigenvalue weighted by Gasteiger charge is 2.21. The van der Waals surface area contributed by atoms with E-state index in [1.807, 2.05) is 4.57 Å². The first-order valence-corrected chi connectivity index (χ1v) is 6.21. The van der Waals surface area contributed by atoms with Crippen molar-refractivity contribution in [1.29, 1.82) is 0 Å². The summed E-state index contributed by atoms with van der Waals surface area (Å²) in [5.41, 5.74) is 1.25. The van der Waals surface area contributed by atoms with Crippen LogP contribution in [0, 0.1) is 5.92 Å². The van der Waals surface area contributed by atoms with Crippen molar-refractivity contribution in [3.8, 4) is 0 Å². The van der Waals surface area contributed by atoms with E-state index >= 15 is 0 Å². The van der Waals surface area contributed by atoms with Crippen molar-refractivity contribution < 1.29 is 4.79 Å². The first-order chi connectivity index (χ1) is 8.50. The standard InChI is InChI=1S/C12H15ClN4O/c1-7(2)9(4-8(3)18)17-6-16-10-11(13)14-5-15-12(10)17/h5-7,9H,4H2,1-3H3. The molecule has 0 bridgehead atoms. The average Bonchev–Trinajstić information content (AvgIpc) is 2.70. The number of aromatic nitrogens is 4. The van der Waals surface area contributed by atoms with E-state index < -0.39 is 0 Å². The van der Waals surface area contributed by atoms with Gasteiger partial charge in [0.25, 0.3) is 0 Å². The molecule has 5 nitrogen and oxygen atoms in total.